The van der Waals surface area contributed by atoms with Crippen LogP contribution in [0.3, 0.4) is 0 Å². The Morgan fingerprint density at radius 2 is 2.31 bits per heavy atom. The minimum absolute atomic E-state index is 0.368. The van der Waals surface area contributed by atoms with Crippen molar-refractivity contribution < 1.29 is 4.52 Å². The maximum Gasteiger partial charge on any atom is 0.265 e. The zero-order valence-electron chi connectivity index (χ0n) is 9.16. The molecule has 2 N–H and O–H groups in total. The Labute approximate surface area is 92.0 Å². The first-order valence-electron chi connectivity index (χ1n) is 4.78. The first kappa shape index (κ1) is 10.6. The second-order valence-electron chi connectivity index (χ2n) is 3.49. The summed E-state index contributed by atoms with van der Waals surface area (Å²) in [7, 11) is 3.69. The molecule has 0 spiro atoms. The number of rotatable bonds is 4. The van der Waals surface area contributed by atoms with Crippen molar-refractivity contribution in [3.8, 4) is 0 Å². The van der Waals surface area contributed by atoms with E-state index in [1.807, 2.05) is 14.1 Å². The van der Waals surface area contributed by atoms with Gasteiger partial charge >= 0.3 is 0 Å². The molecule has 0 aliphatic rings. The predicted molar refractivity (Wildman–Crippen MR) is 55.6 cm³/mol. The van der Waals surface area contributed by atoms with Crippen molar-refractivity contribution in [2.45, 2.75) is 13.1 Å². The normalized spacial score (nSPS) is 10.7. The molecule has 8 nitrogen and oxygen atoms in total. The van der Waals surface area contributed by atoms with Crippen molar-refractivity contribution in [2.75, 3.05) is 19.0 Å². The summed E-state index contributed by atoms with van der Waals surface area (Å²) < 4.78 is 6.66. The van der Waals surface area contributed by atoms with Crippen molar-refractivity contribution >= 4 is 5.95 Å². The van der Waals surface area contributed by atoms with Crippen LogP contribution in [-0.4, -0.2) is 39.2 Å². The highest BCUT2D eigenvalue weighted by Gasteiger charge is 2.09. The highest BCUT2D eigenvalue weighted by atomic mass is 16.5. The van der Waals surface area contributed by atoms with Gasteiger partial charge in [0.2, 0.25) is 5.89 Å². The zero-order chi connectivity index (χ0) is 11.5. The molecule has 2 rings (SSSR count). The Kier molecular flexibility index (Phi) is 2.82. The van der Waals surface area contributed by atoms with Gasteiger partial charge in [0.1, 0.15) is 6.54 Å². The second kappa shape index (κ2) is 4.27. The Hall–Kier alpha value is -1.96. The molecule has 2 heterocycles. The molecule has 0 aromatic carbocycles. The number of nitrogens with zero attached hydrogens (tertiary/aromatic N) is 6. The van der Waals surface area contributed by atoms with E-state index in [1.165, 1.54) is 0 Å². The van der Waals surface area contributed by atoms with Gasteiger partial charge in [0.15, 0.2) is 0 Å². The molecule has 0 amide bonds. The van der Waals surface area contributed by atoms with Gasteiger partial charge < -0.3 is 15.2 Å². The third kappa shape index (κ3) is 2.16. The fourth-order valence-corrected chi connectivity index (χ4v) is 1.14. The van der Waals surface area contributed by atoms with Gasteiger partial charge in [0.05, 0.1) is 11.9 Å². The summed E-state index contributed by atoms with van der Waals surface area (Å²) in [6.07, 6.45) is 1.75. The van der Waals surface area contributed by atoms with Gasteiger partial charge in [-0.25, -0.2) is 4.68 Å². The van der Waals surface area contributed by atoms with Gasteiger partial charge in [-0.05, 0) is 5.16 Å². The Bertz CT molecular complexity index is 460. The van der Waals surface area contributed by atoms with Crippen molar-refractivity contribution in [3.63, 3.8) is 0 Å². The summed E-state index contributed by atoms with van der Waals surface area (Å²) in [6.45, 7) is 0.765. The lowest BCUT2D eigenvalue weighted by molar-refractivity contribution is 0.364. The van der Waals surface area contributed by atoms with Gasteiger partial charge in [-0.3, -0.25) is 0 Å². The molecule has 0 aliphatic carbocycles. The lowest BCUT2D eigenvalue weighted by atomic mass is 10.5. The van der Waals surface area contributed by atoms with E-state index in [2.05, 4.69) is 20.5 Å². The largest absolute Gasteiger partial charge is 0.344 e. The third-order valence-corrected chi connectivity index (χ3v) is 1.95. The van der Waals surface area contributed by atoms with E-state index >= 15 is 0 Å². The fraction of sp³-hybridized carbons (Fsp3) is 0.500. The molecule has 0 fully saturated rings. The van der Waals surface area contributed by atoms with Crippen LogP contribution in [0.2, 0.25) is 0 Å². The lowest BCUT2D eigenvalue weighted by Crippen LogP contribution is -2.10. The van der Waals surface area contributed by atoms with Crippen LogP contribution in [0.4, 0.5) is 5.95 Å². The summed E-state index contributed by atoms with van der Waals surface area (Å²) in [5, 5.41) is 11.5. The first-order chi connectivity index (χ1) is 7.69. The molecular formula is C8H13N7O. The molecule has 0 saturated heterocycles. The second-order valence-corrected chi connectivity index (χ2v) is 3.49. The number of nitrogens with two attached hydrogens (primary N) is 1. The minimum atomic E-state index is 0.368. The third-order valence-electron chi connectivity index (χ3n) is 1.95. The number of aromatic nitrogens is 5. The molecule has 0 saturated carbocycles. The van der Waals surface area contributed by atoms with Crippen LogP contribution in [0.1, 0.15) is 11.6 Å². The van der Waals surface area contributed by atoms with E-state index in [0.29, 0.717) is 24.9 Å². The SMILES string of the molecule is CN(C)c1noc(Cn2cc(CN)nn2)n1. The van der Waals surface area contributed by atoms with Crippen molar-refractivity contribution in [1.29, 1.82) is 0 Å². The highest BCUT2D eigenvalue weighted by Crippen LogP contribution is 2.06. The van der Waals surface area contributed by atoms with Crippen molar-refractivity contribution in [1.82, 2.24) is 25.1 Å². The Morgan fingerprint density at radius 3 is 2.88 bits per heavy atom. The van der Waals surface area contributed by atoms with E-state index in [1.54, 1.807) is 15.8 Å². The summed E-state index contributed by atoms with van der Waals surface area (Å²) in [5.41, 5.74) is 6.16. The van der Waals surface area contributed by atoms with Crippen LogP contribution < -0.4 is 10.6 Å². The first-order valence-corrected chi connectivity index (χ1v) is 4.78. The van der Waals surface area contributed by atoms with Gasteiger partial charge in [-0.15, -0.1) is 5.10 Å². The molecular weight excluding hydrogens is 210 g/mol. The van der Waals surface area contributed by atoms with E-state index in [0.717, 1.165) is 5.69 Å². The number of hydrogen-bond acceptors (Lipinski definition) is 7. The molecule has 0 bridgehead atoms. The lowest BCUT2D eigenvalue weighted by Gasteiger charge is -2.02. The molecule has 0 radical (unpaired) electrons. The van der Waals surface area contributed by atoms with Gasteiger partial charge in [-0.2, -0.15) is 4.98 Å². The van der Waals surface area contributed by atoms with Gasteiger partial charge in [0, 0.05) is 20.6 Å². The summed E-state index contributed by atoms with van der Waals surface area (Å²) in [5.74, 6) is 1.02. The monoisotopic (exact) mass is 223 g/mol. The number of anilines is 1. The van der Waals surface area contributed by atoms with Crippen LogP contribution in [0, 0.1) is 0 Å². The maximum atomic E-state index is 5.43. The molecule has 0 unspecified atom stereocenters. The van der Waals surface area contributed by atoms with E-state index < -0.39 is 0 Å². The van der Waals surface area contributed by atoms with E-state index in [9.17, 15) is 0 Å². The topological polar surface area (TPSA) is 98.9 Å². The molecule has 2 aromatic rings. The maximum absolute atomic E-state index is 5.43. The predicted octanol–water partition coefficient (Wildman–Crippen LogP) is -0.766. The standard InChI is InChI=1S/C8H13N7O/c1-14(2)8-10-7(16-12-8)5-15-4-6(3-9)11-13-15/h4H,3,5,9H2,1-2H3. The van der Waals surface area contributed by atoms with E-state index in [-0.39, 0.29) is 0 Å². The average Bonchev–Trinajstić information content (AvgIpc) is 2.87. The minimum Gasteiger partial charge on any atom is -0.344 e. The molecule has 16 heavy (non-hydrogen) atoms. The molecule has 0 aliphatic heterocycles. The van der Waals surface area contributed by atoms with Crippen molar-refractivity contribution in [3.05, 3.63) is 17.8 Å². The molecule has 8 heteroatoms. The molecule has 86 valence electrons. The van der Waals surface area contributed by atoms with Crippen LogP contribution in [0.15, 0.2) is 10.7 Å². The Morgan fingerprint density at radius 1 is 1.50 bits per heavy atom. The smallest absolute Gasteiger partial charge is 0.265 e. The van der Waals surface area contributed by atoms with Crippen LogP contribution >= 0.6 is 0 Å². The van der Waals surface area contributed by atoms with Gasteiger partial charge in [-0.1, -0.05) is 5.21 Å². The summed E-state index contributed by atoms with van der Waals surface area (Å²) in [6, 6.07) is 0. The molecule has 2 aromatic heterocycles. The molecule has 0 atom stereocenters. The fourth-order valence-electron chi connectivity index (χ4n) is 1.14. The highest BCUT2D eigenvalue weighted by molar-refractivity contribution is 5.23. The summed E-state index contributed by atoms with van der Waals surface area (Å²) in [4.78, 5) is 5.93. The van der Waals surface area contributed by atoms with Crippen LogP contribution in [0.5, 0.6) is 0 Å². The Balaban J connectivity index is 2.08. The number of hydrogen-bond donors (Lipinski definition) is 1. The quantitative estimate of drug-likeness (QED) is 0.726. The van der Waals surface area contributed by atoms with Crippen LogP contribution in [0.25, 0.3) is 0 Å². The van der Waals surface area contributed by atoms with Gasteiger partial charge in [0.25, 0.3) is 5.95 Å². The average molecular weight is 223 g/mol. The van der Waals surface area contributed by atoms with Crippen molar-refractivity contribution in [2.24, 2.45) is 5.73 Å². The van der Waals surface area contributed by atoms with Crippen LogP contribution in [-0.2, 0) is 13.1 Å². The summed E-state index contributed by atoms with van der Waals surface area (Å²) >= 11 is 0. The van der Waals surface area contributed by atoms with E-state index in [4.69, 9.17) is 10.3 Å². The zero-order valence-corrected chi connectivity index (χ0v) is 9.16.